The zero-order chi connectivity index (χ0) is 29.3. The van der Waals surface area contributed by atoms with Gasteiger partial charge in [-0.15, -0.1) is 0 Å². The Labute approximate surface area is 237 Å². The number of benzene rings is 3. The third-order valence-electron chi connectivity index (χ3n) is 6.80. The monoisotopic (exact) mass is 569 g/mol. The summed E-state index contributed by atoms with van der Waals surface area (Å²) in [5.74, 6) is 1.24. The van der Waals surface area contributed by atoms with Crippen molar-refractivity contribution in [3.63, 3.8) is 0 Å². The molecule has 40 heavy (non-hydrogen) atoms. The van der Waals surface area contributed by atoms with Crippen molar-refractivity contribution in [1.29, 1.82) is 0 Å². The van der Waals surface area contributed by atoms with E-state index in [2.05, 4.69) is 10.2 Å². The van der Waals surface area contributed by atoms with Crippen LogP contribution in [0.4, 0.5) is 16.2 Å². The van der Waals surface area contributed by atoms with Gasteiger partial charge in [0.1, 0.15) is 22.1 Å². The molecule has 3 rings (SSSR count). The van der Waals surface area contributed by atoms with Gasteiger partial charge in [0.05, 0.1) is 26.5 Å². The molecule has 0 saturated heterocycles. The first-order valence-corrected chi connectivity index (χ1v) is 14.7. The van der Waals surface area contributed by atoms with E-state index in [0.29, 0.717) is 29.2 Å². The van der Waals surface area contributed by atoms with Crippen molar-refractivity contribution in [3.05, 3.63) is 72.3 Å². The van der Waals surface area contributed by atoms with Crippen LogP contribution in [0.25, 0.3) is 0 Å². The Bertz CT molecular complexity index is 1370. The van der Waals surface area contributed by atoms with Crippen molar-refractivity contribution < 1.29 is 26.9 Å². The number of ether oxygens (including phenoxy) is 2. The fraction of sp³-hybridized carbons (Fsp3) is 0.367. The largest absolute Gasteiger partial charge is 0.497 e. The van der Waals surface area contributed by atoms with Crippen LogP contribution in [0.2, 0.25) is 0 Å². The van der Waals surface area contributed by atoms with Gasteiger partial charge in [0.2, 0.25) is 0 Å². The van der Waals surface area contributed by atoms with Gasteiger partial charge in [-0.2, -0.15) is 8.42 Å². The molecule has 0 aliphatic heterocycles. The van der Waals surface area contributed by atoms with Crippen molar-refractivity contribution >= 4 is 27.5 Å². The average molecular weight is 570 g/mol. The van der Waals surface area contributed by atoms with E-state index in [0.717, 1.165) is 18.8 Å². The zero-order valence-corrected chi connectivity index (χ0v) is 24.8. The number of carbonyl (C=O) groups is 1. The van der Waals surface area contributed by atoms with E-state index in [4.69, 9.17) is 13.7 Å². The number of carbonyl (C=O) groups excluding carboxylic acids is 1. The first-order chi connectivity index (χ1) is 19.2. The van der Waals surface area contributed by atoms with Crippen LogP contribution >= 0.6 is 0 Å². The molecule has 1 atom stereocenters. The lowest BCUT2D eigenvalue weighted by Crippen LogP contribution is -2.40. The van der Waals surface area contributed by atoms with Gasteiger partial charge in [-0.1, -0.05) is 25.1 Å². The minimum atomic E-state index is -4.17. The Hall–Kier alpha value is -3.92. The Morgan fingerprint density at radius 1 is 0.900 bits per heavy atom. The van der Waals surface area contributed by atoms with Crippen LogP contribution < -0.4 is 23.9 Å². The number of para-hydroxylation sites is 2. The minimum Gasteiger partial charge on any atom is -0.497 e. The highest BCUT2D eigenvalue weighted by Gasteiger charge is 2.25. The van der Waals surface area contributed by atoms with Gasteiger partial charge in [0.25, 0.3) is 0 Å². The molecule has 0 bridgehead atoms. The maximum Gasteiger partial charge on any atom is 0.339 e. The smallest absolute Gasteiger partial charge is 0.339 e. The molecule has 0 heterocycles. The highest BCUT2D eigenvalue weighted by atomic mass is 32.2. The second-order valence-electron chi connectivity index (χ2n) is 9.19. The predicted molar refractivity (Wildman–Crippen MR) is 158 cm³/mol. The molecular formula is C30H39N3O6S. The van der Waals surface area contributed by atoms with Crippen LogP contribution in [0.15, 0.2) is 71.6 Å². The minimum absolute atomic E-state index is 0.000176. The van der Waals surface area contributed by atoms with E-state index in [1.54, 1.807) is 42.3 Å². The van der Waals surface area contributed by atoms with Gasteiger partial charge in [0, 0.05) is 36.4 Å². The summed E-state index contributed by atoms with van der Waals surface area (Å²) in [6.45, 7) is 9.59. The molecule has 0 spiro atoms. The van der Waals surface area contributed by atoms with Crippen molar-refractivity contribution in [2.75, 3.05) is 37.5 Å². The van der Waals surface area contributed by atoms with E-state index < -0.39 is 10.1 Å². The number of nitrogens with one attached hydrogen (secondary N) is 1. The summed E-state index contributed by atoms with van der Waals surface area (Å²) < 4.78 is 42.9. The summed E-state index contributed by atoms with van der Waals surface area (Å²) >= 11 is 0. The lowest BCUT2D eigenvalue weighted by atomic mass is 10.1. The lowest BCUT2D eigenvalue weighted by molar-refractivity contribution is 0.186. The third kappa shape index (κ3) is 7.38. The summed E-state index contributed by atoms with van der Waals surface area (Å²) in [4.78, 5) is 17.3. The quantitative estimate of drug-likeness (QED) is 0.247. The molecule has 9 nitrogen and oxygen atoms in total. The predicted octanol–water partition coefficient (Wildman–Crippen LogP) is 6.15. The maximum absolute atomic E-state index is 13.5. The summed E-state index contributed by atoms with van der Waals surface area (Å²) in [5, 5.41) is 2.93. The molecule has 0 unspecified atom stereocenters. The first-order valence-electron chi connectivity index (χ1n) is 13.3. The van der Waals surface area contributed by atoms with Gasteiger partial charge in [-0.05, 0) is 69.7 Å². The van der Waals surface area contributed by atoms with E-state index in [9.17, 15) is 13.2 Å². The Balaban J connectivity index is 2.00. The fourth-order valence-corrected chi connectivity index (χ4v) is 5.17. The molecule has 0 aliphatic rings. The topological polar surface area (TPSA) is 97.4 Å². The molecule has 0 fully saturated rings. The fourth-order valence-electron chi connectivity index (χ4n) is 4.21. The average Bonchev–Trinajstić information content (AvgIpc) is 2.97. The van der Waals surface area contributed by atoms with Gasteiger partial charge >= 0.3 is 16.1 Å². The van der Waals surface area contributed by atoms with Crippen LogP contribution in [0.5, 0.6) is 17.2 Å². The number of amides is 2. The summed E-state index contributed by atoms with van der Waals surface area (Å²) in [6, 6.07) is 18.1. The highest BCUT2D eigenvalue weighted by molar-refractivity contribution is 7.87. The second-order valence-corrected chi connectivity index (χ2v) is 10.7. The lowest BCUT2D eigenvalue weighted by Gasteiger charge is -2.30. The number of anilines is 2. The summed E-state index contributed by atoms with van der Waals surface area (Å²) in [6.07, 6.45) is 0.692. The molecule has 3 aromatic carbocycles. The summed E-state index contributed by atoms with van der Waals surface area (Å²) in [5.41, 5.74) is 1.92. The first kappa shape index (κ1) is 30.6. The maximum atomic E-state index is 13.5. The molecule has 0 radical (unpaired) electrons. The molecule has 0 saturated carbocycles. The highest BCUT2D eigenvalue weighted by Crippen LogP contribution is 2.31. The Morgan fingerprint density at radius 3 is 2.17 bits per heavy atom. The SMILES string of the molecule is CC[C@H](C)N(Cc1ccc(N(CC)CC)cc1OS(=O)(=O)c1ccc(OC)cc1)C(=O)Nc1ccccc1OC. The molecule has 2 amide bonds. The molecular weight excluding hydrogens is 530 g/mol. The number of nitrogens with zero attached hydrogens (tertiary/aromatic N) is 2. The molecule has 10 heteroatoms. The van der Waals surface area contributed by atoms with Crippen LogP contribution in [-0.4, -0.2) is 52.7 Å². The Kier molecular flexibility index (Phi) is 10.7. The zero-order valence-electron chi connectivity index (χ0n) is 24.0. The molecule has 3 aromatic rings. The molecule has 216 valence electrons. The third-order valence-corrected chi connectivity index (χ3v) is 8.05. The van der Waals surface area contributed by atoms with Crippen molar-refractivity contribution in [1.82, 2.24) is 4.90 Å². The van der Waals surface area contributed by atoms with Crippen LogP contribution in [0.1, 0.15) is 39.7 Å². The standard InChI is InChI=1S/C30H39N3O6S/c1-7-22(4)33(30(34)31-27-12-10-11-13-28(27)38-6)21-23-14-15-24(32(8-2)9-3)20-29(23)39-40(35,36)26-18-16-25(37-5)17-19-26/h10-20,22H,7-9,21H2,1-6H3,(H,31,34)/t22-/m0/s1. The number of rotatable bonds is 13. The second kappa shape index (κ2) is 13.9. The van der Waals surface area contributed by atoms with E-state index >= 15 is 0 Å². The van der Waals surface area contributed by atoms with Crippen molar-refractivity contribution in [3.8, 4) is 17.2 Å². The van der Waals surface area contributed by atoms with Gasteiger partial charge in [0.15, 0.2) is 0 Å². The van der Waals surface area contributed by atoms with E-state index in [1.165, 1.54) is 19.2 Å². The van der Waals surface area contributed by atoms with Crippen molar-refractivity contribution in [2.24, 2.45) is 0 Å². The number of hydrogen-bond acceptors (Lipinski definition) is 7. The van der Waals surface area contributed by atoms with Gasteiger partial charge < -0.3 is 28.8 Å². The number of urea groups is 1. The number of methoxy groups -OCH3 is 2. The Morgan fingerprint density at radius 2 is 1.57 bits per heavy atom. The molecule has 1 N–H and O–H groups in total. The number of hydrogen-bond donors (Lipinski definition) is 1. The van der Waals surface area contributed by atoms with Gasteiger partial charge in [-0.3, -0.25) is 0 Å². The molecule has 0 aliphatic carbocycles. The summed E-state index contributed by atoms with van der Waals surface area (Å²) in [7, 11) is -1.11. The van der Waals surface area contributed by atoms with Crippen molar-refractivity contribution in [2.45, 2.75) is 51.6 Å². The van der Waals surface area contributed by atoms with E-state index in [1.807, 2.05) is 52.0 Å². The van der Waals surface area contributed by atoms with Crippen LogP contribution in [0, 0.1) is 0 Å². The normalized spacial score (nSPS) is 11.8. The van der Waals surface area contributed by atoms with Crippen LogP contribution in [-0.2, 0) is 16.7 Å². The van der Waals surface area contributed by atoms with E-state index in [-0.39, 0.29) is 29.3 Å². The molecule has 0 aromatic heterocycles. The van der Waals surface area contributed by atoms with Crippen LogP contribution in [0.3, 0.4) is 0 Å². The van der Waals surface area contributed by atoms with Gasteiger partial charge in [-0.25, -0.2) is 4.79 Å².